The van der Waals surface area contributed by atoms with Gasteiger partial charge in [-0.3, -0.25) is 0 Å². The molecule has 1 fully saturated rings. The van der Waals surface area contributed by atoms with Gasteiger partial charge in [-0.15, -0.1) is 0 Å². The van der Waals surface area contributed by atoms with Gasteiger partial charge in [0.25, 0.3) is 0 Å². The van der Waals surface area contributed by atoms with Crippen LogP contribution in [0.4, 0.5) is 0 Å². The van der Waals surface area contributed by atoms with Crippen molar-refractivity contribution in [3.05, 3.63) is 35.5 Å². The molecule has 2 rings (SSSR count). The van der Waals surface area contributed by atoms with Crippen molar-refractivity contribution < 1.29 is 0 Å². The summed E-state index contributed by atoms with van der Waals surface area (Å²) in [6, 6.07) is 0. The van der Waals surface area contributed by atoms with E-state index in [1.165, 1.54) is 17.6 Å². The van der Waals surface area contributed by atoms with Gasteiger partial charge in [-0.05, 0) is 44.4 Å². The molecule has 0 radical (unpaired) electrons. The summed E-state index contributed by atoms with van der Waals surface area (Å²) < 4.78 is 0. The standard InChI is InChI=1S/C16H24/c1-10(2)7-11(3)13-9-15-14(8-12(13)4)16(15,5)6/h7-8,13-15H,1,9H2,2-6H3/b11-7+. The van der Waals surface area contributed by atoms with Gasteiger partial charge in [0.1, 0.15) is 0 Å². The lowest BCUT2D eigenvalue weighted by Crippen LogP contribution is -2.10. The molecule has 0 spiro atoms. The van der Waals surface area contributed by atoms with Gasteiger partial charge < -0.3 is 0 Å². The van der Waals surface area contributed by atoms with Crippen LogP contribution in [0.15, 0.2) is 35.5 Å². The van der Waals surface area contributed by atoms with Gasteiger partial charge in [-0.1, -0.05) is 49.3 Å². The first kappa shape index (κ1) is 11.7. The van der Waals surface area contributed by atoms with Crippen LogP contribution in [-0.4, -0.2) is 0 Å². The van der Waals surface area contributed by atoms with E-state index in [2.05, 4.69) is 53.3 Å². The predicted octanol–water partition coefficient (Wildman–Crippen LogP) is 4.75. The molecular weight excluding hydrogens is 192 g/mol. The van der Waals surface area contributed by atoms with E-state index in [1.54, 1.807) is 5.57 Å². The van der Waals surface area contributed by atoms with Crippen LogP contribution in [0.2, 0.25) is 0 Å². The van der Waals surface area contributed by atoms with Crippen LogP contribution < -0.4 is 0 Å². The second kappa shape index (κ2) is 3.61. The zero-order chi connectivity index (χ0) is 12.1. The molecule has 88 valence electrons. The number of allylic oxidation sites excluding steroid dienone is 5. The zero-order valence-electron chi connectivity index (χ0n) is 11.3. The van der Waals surface area contributed by atoms with Crippen LogP contribution >= 0.6 is 0 Å². The molecule has 0 heteroatoms. The van der Waals surface area contributed by atoms with E-state index in [0.29, 0.717) is 11.3 Å². The monoisotopic (exact) mass is 216 g/mol. The number of fused-ring (bicyclic) bond motifs is 1. The van der Waals surface area contributed by atoms with Crippen molar-refractivity contribution in [3.8, 4) is 0 Å². The molecule has 0 nitrogen and oxygen atoms in total. The summed E-state index contributed by atoms with van der Waals surface area (Å²) in [7, 11) is 0. The van der Waals surface area contributed by atoms with Crippen LogP contribution in [0.3, 0.4) is 0 Å². The lowest BCUT2D eigenvalue weighted by atomic mass is 9.83. The average Bonchev–Trinajstić information content (AvgIpc) is 2.65. The van der Waals surface area contributed by atoms with E-state index in [4.69, 9.17) is 0 Å². The molecule has 3 atom stereocenters. The number of hydrogen-bond donors (Lipinski definition) is 0. The first-order chi connectivity index (χ1) is 7.34. The summed E-state index contributed by atoms with van der Waals surface area (Å²) in [6.07, 6.45) is 6.11. The third-order valence-electron chi connectivity index (χ3n) is 4.64. The summed E-state index contributed by atoms with van der Waals surface area (Å²) in [5.74, 6) is 2.43. The molecular formula is C16H24. The fraction of sp³-hybridized carbons (Fsp3) is 0.625. The van der Waals surface area contributed by atoms with E-state index in [-0.39, 0.29) is 0 Å². The molecule has 2 aliphatic rings. The summed E-state index contributed by atoms with van der Waals surface area (Å²) in [5.41, 5.74) is 4.78. The lowest BCUT2D eigenvalue weighted by Gasteiger charge is -2.22. The van der Waals surface area contributed by atoms with Gasteiger partial charge in [0, 0.05) is 5.92 Å². The molecule has 0 N–H and O–H groups in total. The van der Waals surface area contributed by atoms with Crippen molar-refractivity contribution >= 4 is 0 Å². The Morgan fingerprint density at radius 1 is 1.44 bits per heavy atom. The molecule has 0 aliphatic heterocycles. The second-order valence-corrected chi connectivity index (χ2v) is 6.39. The normalized spacial score (nSPS) is 36.4. The fourth-order valence-corrected chi connectivity index (χ4v) is 3.44. The number of hydrogen-bond acceptors (Lipinski definition) is 0. The Balaban J connectivity index is 2.19. The summed E-state index contributed by atoms with van der Waals surface area (Å²) in [6.45, 7) is 15.4. The topological polar surface area (TPSA) is 0 Å². The molecule has 1 saturated carbocycles. The van der Waals surface area contributed by atoms with Crippen molar-refractivity contribution in [1.29, 1.82) is 0 Å². The molecule has 0 aromatic heterocycles. The number of rotatable bonds is 2. The minimum absolute atomic E-state index is 0.555. The highest BCUT2D eigenvalue weighted by Crippen LogP contribution is 2.65. The third kappa shape index (κ3) is 1.79. The molecule has 3 unspecified atom stereocenters. The maximum absolute atomic E-state index is 3.98. The molecule has 2 aliphatic carbocycles. The minimum atomic E-state index is 0.555. The van der Waals surface area contributed by atoms with Crippen LogP contribution in [0.1, 0.15) is 41.0 Å². The fourth-order valence-electron chi connectivity index (χ4n) is 3.44. The van der Waals surface area contributed by atoms with E-state index < -0.39 is 0 Å². The van der Waals surface area contributed by atoms with Crippen LogP contribution in [0.25, 0.3) is 0 Å². The lowest BCUT2D eigenvalue weighted by molar-refractivity contribution is 0.486. The SMILES string of the molecule is C=C(C)/C=C(\C)C1CC2C(C=C1C)C2(C)C. The first-order valence-corrected chi connectivity index (χ1v) is 6.36. The van der Waals surface area contributed by atoms with E-state index in [9.17, 15) is 0 Å². The molecule has 0 heterocycles. The van der Waals surface area contributed by atoms with E-state index in [0.717, 1.165) is 11.8 Å². The summed E-state index contributed by atoms with van der Waals surface area (Å²) in [4.78, 5) is 0. The van der Waals surface area contributed by atoms with Crippen molar-refractivity contribution in [3.63, 3.8) is 0 Å². The zero-order valence-corrected chi connectivity index (χ0v) is 11.3. The molecule has 0 aromatic rings. The maximum atomic E-state index is 3.98. The maximum Gasteiger partial charge on any atom is 0.000776 e. The third-order valence-corrected chi connectivity index (χ3v) is 4.64. The van der Waals surface area contributed by atoms with Crippen LogP contribution in [0, 0.1) is 23.2 Å². The van der Waals surface area contributed by atoms with Gasteiger partial charge >= 0.3 is 0 Å². The Morgan fingerprint density at radius 2 is 2.06 bits per heavy atom. The molecule has 16 heavy (non-hydrogen) atoms. The second-order valence-electron chi connectivity index (χ2n) is 6.39. The summed E-state index contributed by atoms with van der Waals surface area (Å²) >= 11 is 0. The predicted molar refractivity (Wildman–Crippen MR) is 71.2 cm³/mol. The van der Waals surface area contributed by atoms with Crippen molar-refractivity contribution in [2.24, 2.45) is 23.2 Å². The van der Waals surface area contributed by atoms with Gasteiger partial charge in [0.15, 0.2) is 0 Å². The highest BCUT2D eigenvalue weighted by atomic mass is 14.6. The van der Waals surface area contributed by atoms with Crippen molar-refractivity contribution in [2.75, 3.05) is 0 Å². The Kier molecular flexibility index (Phi) is 2.64. The smallest absolute Gasteiger partial charge is 0.000776 e. The van der Waals surface area contributed by atoms with Gasteiger partial charge in [0.2, 0.25) is 0 Å². The Hall–Kier alpha value is -0.780. The minimum Gasteiger partial charge on any atom is -0.0961 e. The average molecular weight is 216 g/mol. The first-order valence-electron chi connectivity index (χ1n) is 6.36. The highest BCUT2D eigenvalue weighted by Gasteiger charge is 2.58. The van der Waals surface area contributed by atoms with Gasteiger partial charge in [-0.2, -0.15) is 0 Å². The Labute approximate surface area is 100 Å². The Morgan fingerprint density at radius 3 is 2.62 bits per heavy atom. The van der Waals surface area contributed by atoms with Gasteiger partial charge in [-0.25, -0.2) is 0 Å². The van der Waals surface area contributed by atoms with E-state index >= 15 is 0 Å². The van der Waals surface area contributed by atoms with Crippen molar-refractivity contribution in [1.82, 2.24) is 0 Å². The summed E-state index contributed by atoms with van der Waals surface area (Å²) in [5, 5.41) is 0. The van der Waals surface area contributed by atoms with Gasteiger partial charge in [0.05, 0.1) is 0 Å². The largest absolute Gasteiger partial charge is 0.0961 e. The molecule has 0 amide bonds. The van der Waals surface area contributed by atoms with Crippen LogP contribution in [-0.2, 0) is 0 Å². The molecule has 0 saturated heterocycles. The Bertz CT molecular complexity index is 379. The quantitative estimate of drug-likeness (QED) is 0.461. The highest BCUT2D eigenvalue weighted by molar-refractivity contribution is 5.32. The molecule has 0 aromatic carbocycles. The van der Waals surface area contributed by atoms with E-state index in [1.807, 2.05) is 0 Å². The van der Waals surface area contributed by atoms with Crippen molar-refractivity contribution in [2.45, 2.75) is 41.0 Å². The van der Waals surface area contributed by atoms with Crippen LogP contribution in [0.5, 0.6) is 0 Å². The molecule has 0 bridgehead atoms.